The Kier molecular flexibility index (Phi) is 2.77. The summed E-state index contributed by atoms with van der Waals surface area (Å²) in [4.78, 5) is 38.5. The molecule has 0 saturated carbocycles. The highest BCUT2D eigenvalue weighted by atomic mass is 35.5. The first kappa shape index (κ1) is 11.5. The zero-order chi connectivity index (χ0) is 12.6. The van der Waals surface area contributed by atoms with Gasteiger partial charge in [-0.1, -0.05) is 11.6 Å². The molecule has 0 radical (unpaired) electrons. The Balaban J connectivity index is 2.58. The van der Waals surface area contributed by atoms with Crippen molar-refractivity contribution in [1.29, 1.82) is 0 Å². The number of nitrogens with zero attached hydrogens (tertiary/aromatic N) is 1. The number of aromatic nitrogens is 1. The molecule has 0 spiro atoms. The molecule has 0 atom stereocenters. The molecule has 1 heterocycles. The van der Waals surface area contributed by atoms with E-state index in [1.165, 1.54) is 25.3 Å². The second kappa shape index (κ2) is 4.10. The quantitative estimate of drug-likeness (QED) is 0.808. The van der Waals surface area contributed by atoms with Gasteiger partial charge in [-0.25, -0.2) is 0 Å². The van der Waals surface area contributed by atoms with Crippen molar-refractivity contribution in [2.75, 3.05) is 0 Å². The van der Waals surface area contributed by atoms with Crippen LogP contribution in [0.2, 0.25) is 0 Å². The summed E-state index contributed by atoms with van der Waals surface area (Å²) in [5.41, 5.74) is -0.0353. The van der Waals surface area contributed by atoms with Gasteiger partial charge in [0.15, 0.2) is 0 Å². The molecule has 0 unspecified atom stereocenters. The fourth-order valence-corrected chi connectivity index (χ4v) is 1.73. The van der Waals surface area contributed by atoms with E-state index < -0.39 is 17.5 Å². The van der Waals surface area contributed by atoms with Gasteiger partial charge in [-0.15, -0.1) is 0 Å². The number of ketones is 2. The number of nitrogens with one attached hydrogen (secondary N) is 1. The lowest BCUT2D eigenvalue weighted by atomic mass is 9.97. The van der Waals surface area contributed by atoms with Gasteiger partial charge in [0.2, 0.25) is 17.5 Å². The first-order chi connectivity index (χ1) is 8.02. The Morgan fingerprint density at radius 2 is 2.06 bits per heavy atom. The number of carbonyl (C=O) groups excluding carboxylic acids is 3. The topological polar surface area (TPSA) is 76.1 Å². The van der Waals surface area contributed by atoms with Crippen molar-refractivity contribution < 1.29 is 14.4 Å². The molecule has 0 bridgehead atoms. The van der Waals surface area contributed by atoms with Crippen LogP contribution >= 0.6 is 11.6 Å². The Labute approximate surface area is 101 Å². The van der Waals surface area contributed by atoms with Crippen molar-refractivity contribution in [2.45, 2.75) is 6.92 Å². The van der Waals surface area contributed by atoms with E-state index in [1.807, 2.05) is 0 Å². The third-order valence-electron chi connectivity index (χ3n) is 2.21. The average Bonchev–Trinajstić information content (AvgIpc) is 2.31. The van der Waals surface area contributed by atoms with Crippen molar-refractivity contribution in [3.05, 3.63) is 40.3 Å². The minimum Gasteiger partial charge on any atom is -0.322 e. The van der Waals surface area contributed by atoms with Gasteiger partial charge in [0, 0.05) is 13.1 Å². The number of rotatable bonds is 1. The Morgan fingerprint density at radius 3 is 2.71 bits per heavy atom. The lowest BCUT2D eigenvalue weighted by molar-refractivity contribution is -0.118. The number of carbonyl (C=O) groups is 3. The van der Waals surface area contributed by atoms with Crippen LogP contribution in [-0.2, 0) is 4.79 Å². The summed E-state index contributed by atoms with van der Waals surface area (Å²) < 4.78 is 0. The molecule has 0 aliphatic heterocycles. The number of halogens is 1. The lowest BCUT2D eigenvalue weighted by Gasteiger charge is -2.16. The van der Waals surface area contributed by atoms with E-state index in [-0.39, 0.29) is 22.0 Å². The molecular weight excluding hydrogens is 244 g/mol. The Morgan fingerprint density at radius 1 is 1.35 bits per heavy atom. The summed E-state index contributed by atoms with van der Waals surface area (Å²) in [5, 5.41) is 1.95. The van der Waals surface area contributed by atoms with Gasteiger partial charge in [0.1, 0.15) is 16.4 Å². The van der Waals surface area contributed by atoms with Crippen molar-refractivity contribution in [1.82, 2.24) is 10.3 Å². The predicted molar refractivity (Wildman–Crippen MR) is 59.6 cm³/mol. The molecular formula is C11H7ClN2O3. The maximum absolute atomic E-state index is 12.0. The molecule has 6 heteroatoms. The van der Waals surface area contributed by atoms with E-state index in [1.54, 1.807) is 0 Å². The van der Waals surface area contributed by atoms with Crippen molar-refractivity contribution in [3.63, 3.8) is 0 Å². The third kappa shape index (κ3) is 1.85. The number of allylic oxidation sites excluding steroid dienone is 2. The standard InChI is InChI=1S/C11H7ClN2O3/c1-5(15)14-9-7(12)11(17)8-6(10(9)16)3-2-4-13-8/h2-4H,1H3,(H,14,15). The monoisotopic (exact) mass is 250 g/mol. The van der Waals surface area contributed by atoms with Gasteiger partial charge < -0.3 is 5.32 Å². The number of pyridine rings is 1. The largest absolute Gasteiger partial charge is 0.322 e. The van der Waals surface area contributed by atoms with Crippen LogP contribution in [-0.4, -0.2) is 22.5 Å². The van der Waals surface area contributed by atoms with Crippen LogP contribution in [0.1, 0.15) is 27.8 Å². The summed E-state index contributed by atoms with van der Waals surface area (Å²) in [6.07, 6.45) is 1.40. The summed E-state index contributed by atoms with van der Waals surface area (Å²) in [7, 11) is 0. The molecule has 1 aliphatic rings. The van der Waals surface area contributed by atoms with Crippen LogP contribution in [0, 0.1) is 0 Å². The molecule has 5 nitrogen and oxygen atoms in total. The molecule has 1 amide bonds. The van der Waals surface area contributed by atoms with Crippen LogP contribution in [0.5, 0.6) is 0 Å². The van der Waals surface area contributed by atoms with Crippen LogP contribution in [0.3, 0.4) is 0 Å². The average molecular weight is 251 g/mol. The second-order valence-electron chi connectivity index (χ2n) is 3.43. The molecule has 1 N–H and O–H groups in total. The molecule has 86 valence electrons. The molecule has 0 saturated heterocycles. The minimum absolute atomic E-state index is 0.0107. The summed E-state index contributed by atoms with van der Waals surface area (Å²) in [6, 6.07) is 3.00. The van der Waals surface area contributed by atoms with E-state index in [0.29, 0.717) is 0 Å². The van der Waals surface area contributed by atoms with Crippen LogP contribution in [0.15, 0.2) is 29.1 Å². The van der Waals surface area contributed by atoms with E-state index in [2.05, 4.69) is 10.3 Å². The maximum Gasteiger partial charge on any atom is 0.225 e. The van der Waals surface area contributed by atoms with Gasteiger partial charge in [0.05, 0.1) is 5.56 Å². The Bertz CT molecular complexity index is 578. The molecule has 17 heavy (non-hydrogen) atoms. The molecule has 0 fully saturated rings. The molecule has 1 aromatic heterocycles. The van der Waals surface area contributed by atoms with Crippen LogP contribution in [0.4, 0.5) is 0 Å². The highest BCUT2D eigenvalue weighted by molar-refractivity contribution is 6.49. The van der Waals surface area contributed by atoms with Gasteiger partial charge >= 0.3 is 0 Å². The van der Waals surface area contributed by atoms with Gasteiger partial charge in [-0.3, -0.25) is 19.4 Å². The smallest absolute Gasteiger partial charge is 0.225 e. The highest BCUT2D eigenvalue weighted by Gasteiger charge is 2.32. The molecule has 1 aliphatic carbocycles. The maximum atomic E-state index is 12.0. The van der Waals surface area contributed by atoms with Crippen LogP contribution < -0.4 is 5.32 Å². The minimum atomic E-state index is -0.564. The highest BCUT2D eigenvalue weighted by Crippen LogP contribution is 2.25. The molecule has 2 rings (SSSR count). The first-order valence-corrected chi connectivity index (χ1v) is 5.12. The fraction of sp³-hybridized carbons (Fsp3) is 0.0909. The van der Waals surface area contributed by atoms with E-state index in [4.69, 9.17) is 11.6 Å². The summed E-state index contributed by atoms with van der Waals surface area (Å²) >= 11 is 5.75. The predicted octanol–water partition coefficient (Wildman–Crippen LogP) is 1.05. The first-order valence-electron chi connectivity index (χ1n) is 4.74. The number of fused-ring (bicyclic) bond motifs is 1. The summed E-state index contributed by atoms with van der Waals surface area (Å²) in [5.74, 6) is -1.54. The van der Waals surface area contributed by atoms with Crippen LogP contribution in [0.25, 0.3) is 0 Å². The Hall–Kier alpha value is -2.01. The normalized spacial score (nSPS) is 14.7. The van der Waals surface area contributed by atoms with Crippen molar-refractivity contribution in [3.8, 4) is 0 Å². The van der Waals surface area contributed by atoms with Gasteiger partial charge in [0.25, 0.3) is 0 Å². The zero-order valence-electron chi connectivity index (χ0n) is 8.78. The molecule has 1 aromatic rings. The molecule has 0 aromatic carbocycles. The number of Topliss-reactive ketones (excluding diaryl/α,β-unsaturated/α-hetero) is 2. The summed E-state index contributed by atoms with van der Waals surface area (Å²) in [6.45, 7) is 1.23. The van der Waals surface area contributed by atoms with E-state index >= 15 is 0 Å². The second-order valence-corrected chi connectivity index (χ2v) is 3.81. The zero-order valence-corrected chi connectivity index (χ0v) is 9.54. The van der Waals surface area contributed by atoms with Crippen molar-refractivity contribution in [2.24, 2.45) is 0 Å². The van der Waals surface area contributed by atoms with E-state index in [0.717, 1.165) is 0 Å². The lowest BCUT2D eigenvalue weighted by Crippen LogP contribution is -2.32. The number of hydrogen-bond donors (Lipinski definition) is 1. The number of hydrogen-bond acceptors (Lipinski definition) is 4. The number of amides is 1. The SMILES string of the molecule is CC(=O)NC1=C(Cl)C(=O)c2ncccc2C1=O. The van der Waals surface area contributed by atoms with E-state index in [9.17, 15) is 14.4 Å². The fourth-order valence-electron chi connectivity index (χ4n) is 1.51. The van der Waals surface area contributed by atoms with Gasteiger partial charge in [-0.2, -0.15) is 0 Å². The van der Waals surface area contributed by atoms with Gasteiger partial charge in [-0.05, 0) is 12.1 Å². The third-order valence-corrected chi connectivity index (χ3v) is 2.57. The van der Waals surface area contributed by atoms with Crippen molar-refractivity contribution >= 4 is 29.1 Å².